The summed E-state index contributed by atoms with van der Waals surface area (Å²) >= 11 is 0. The van der Waals surface area contributed by atoms with Gasteiger partial charge in [0.15, 0.2) is 0 Å². The lowest BCUT2D eigenvalue weighted by Crippen LogP contribution is -2.50. The standard InChI is InChI=1S/C16H28N2O4/c1-12-8-14(15(19)20)10-18(9-12)16(21)17-6-7-22-11-13-4-2-3-5-13/h12-14H,2-11H2,1H3,(H,17,21)(H,19,20). The van der Waals surface area contributed by atoms with Crippen LogP contribution >= 0.6 is 0 Å². The van der Waals surface area contributed by atoms with Crippen molar-refractivity contribution in [3.8, 4) is 0 Å². The first kappa shape index (κ1) is 17.1. The third-order valence-electron chi connectivity index (χ3n) is 4.65. The summed E-state index contributed by atoms with van der Waals surface area (Å²) in [5.74, 6) is -0.355. The zero-order valence-electron chi connectivity index (χ0n) is 13.4. The number of amides is 2. The van der Waals surface area contributed by atoms with E-state index in [0.29, 0.717) is 38.6 Å². The van der Waals surface area contributed by atoms with E-state index < -0.39 is 11.9 Å². The van der Waals surface area contributed by atoms with Crippen LogP contribution in [0.3, 0.4) is 0 Å². The fraction of sp³-hybridized carbons (Fsp3) is 0.875. The molecule has 0 aromatic carbocycles. The molecule has 1 saturated carbocycles. The van der Waals surface area contributed by atoms with Gasteiger partial charge in [-0.3, -0.25) is 4.79 Å². The Balaban J connectivity index is 1.62. The molecule has 6 nitrogen and oxygen atoms in total. The predicted octanol–water partition coefficient (Wildman–Crippen LogP) is 1.95. The summed E-state index contributed by atoms with van der Waals surface area (Å²) in [6.45, 7) is 4.70. The first-order valence-corrected chi connectivity index (χ1v) is 8.39. The van der Waals surface area contributed by atoms with E-state index in [1.165, 1.54) is 25.7 Å². The van der Waals surface area contributed by atoms with Crippen LogP contribution in [0.2, 0.25) is 0 Å². The number of hydrogen-bond acceptors (Lipinski definition) is 3. The van der Waals surface area contributed by atoms with Gasteiger partial charge < -0.3 is 20.1 Å². The van der Waals surface area contributed by atoms with E-state index in [-0.39, 0.29) is 11.9 Å². The number of carbonyl (C=O) groups is 2. The quantitative estimate of drug-likeness (QED) is 0.735. The van der Waals surface area contributed by atoms with Crippen LogP contribution in [0.25, 0.3) is 0 Å². The number of likely N-dealkylation sites (tertiary alicyclic amines) is 1. The first-order chi connectivity index (χ1) is 10.6. The van der Waals surface area contributed by atoms with E-state index in [4.69, 9.17) is 9.84 Å². The lowest BCUT2D eigenvalue weighted by molar-refractivity contribution is -0.143. The number of ether oxygens (including phenoxy) is 1. The zero-order chi connectivity index (χ0) is 15.9. The monoisotopic (exact) mass is 312 g/mol. The molecule has 0 aromatic rings. The number of urea groups is 1. The summed E-state index contributed by atoms with van der Waals surface area (Å²) in [6.07, 6.45) is 5.78. The van der Waals surface area contributed by atoms with E-state index in [9.17, 15) is 9.59 Å². The van der Waals surface area contributed by atoms with Crippen molar-refractivity contribution in [2.75, 3.05) is 32.8 Å². The molecular formula is C16H28N2O4. The highest BCUT2D eigenvalue weighted by Crippen LogP contribution is 2.24. The highest BCUT2D eigenvalue weighted by Gasteiger charge is 2.31. The van der Waals surface area contributed by atoms with Crippen LogP contribution in [0.4, 0.5) is 4.79 Å². The Morgan fingerprint density at radius 3 is 2.68 bits per heavy atom. The van der Waals surface area contributed by atoms with Gasteiger partial charge in [-0.25, -0.2) is 4.79 Å². The second kappa shape index (κ2) is 8.36. The van der Waals surface area contributed by atoms with E-state index in [1.54, 1.807) is 4.90 Å². The number of nitrogens with zero attached hydrogens (tertiary/aromatic N) is 1. The number of carboxylic acids is 1. The van der Waals surface area contributed by atoms with Gasteiger partial charge in [0.25, 0.3) is 0 Å². The second-order valence-electron chi connectivity index (χ2n) is 6.74. The lowest BCUT2D eigenvalue weighted by atomic mass is 9.91. The van der Waals surface area contributed by atoms with Crippen LogP contribution in [0, 0.1) is 17.8 Å². The third kappa shape index (κ3) is 5.16. The van der Waals surface area contributed by atoms with Gasteiger partial charge in [-0.05, 0) is 31.1 Å². The average molecular weight is 312 g/mol. The SMILES string of the molecule is CC1CC(C(=O)O)CN(C(=O)NCCOCC2CCCC2)C1. The highest BCUT2D eigenvalue weighted by atomic mass is 16.5. The van der Waals surface area contributed by atoms with Gasteiger partial charge in [-0.2, -0.15) is 0 Å². The Morgan fingerprint density at radius 1 is 1.27 bits per heavy atom. The molecule has 2 amide bonds. The van der Waals surface area contributed by atoms with E-state index in [1.807, 2.05) is 6.92 Å². The van der Waals surface area contributed by atoms with Gasteiger partial charge in [0.1, 0.15) is 0 Å². The maximum atomic E-state index is 12.1. The van der Waals surface area contributed by atoms with E-state index in [2.05, 4.69) is 5.32 Å². The maximum absolute atomic E-state index is 12.1. The molecule has 0 bridgehead atoms. The molecule has 2 N–H and O–H groups in total. The van der Waals surface area contributed by atoms with Crippen molar-refractivity contribution in [3.05, 3.63) is 0 Å². The summed E-state index contributed by atoms with van der Waals surface area (Å²) in [4.78, 5) is 24.8. The Bertz CT molecular complexity index is 382. The minimum Gasteiger partial charge on any atom is -0.481 e. The van der Waals surface area contributed by atoms with Crippen molar-refractivity contribution in [1.82, 2.24) is 10.2 Å². The zero-order valence-corrected chi connectivity index (χ0v) is 13.4. The number of aliphatic carboxylic acids is 1. The number of nitrogens with one attached hydrogen (secondary N) is 1. The third-order valence-corrected chi connectivity index (χ3v) is 4.65. The largest absolute Gasteiger partial charge is 0.481 e. The van der Waals surface area contributed by atoms with Crippen LogP contribution in [-0.4, -0.2) is 54.9 Å². The lowest BCUT2D eigenvalue weighted by Gasteiger charge is -2.34. The van der Waals surface area contributed by atoms with Crippen molar-refractivity contribution < 1.29 is 19.4 Å². The molecule has 22 heavy (non-hydrogen) atoms. The molecule has 0 aromatic heterocycles. The van der Waals surface area contributed by atoms with Gasteiger partial charge >= 0.3 is 12.0 Å². The molecule has 2 rings (SSSR count). The minimum absolute atomic E-state index is 0.178. The van der Waals surface area contributed by atoms with Gasteiger partial charge in [-0.1, -0.05) is 19.8 Å². The fourth-order valence-electron chi connectivity index (χ4n) is 3.47. The van der Waals surface area contributed by atoms with Crippen LogP contribution in [0.5, 0.6) is 0 Å². The van der Waals surface area contributed by atoms with Crippen LogP contribution in [0.15, 0.2) is 0 Å². The van der Waals surface area contributed by atoms with Crippen molar-refractivity contribution in [2.24, 2.45) is 17.8 Å². The Morgan fingerprint density at radius 2 is 2.00 bits per heavy atom. The molecule has 0 spiro atoms. The minimum atomic E-state index is -0.816. The topological polar surface area (TPSA) is 78.9 Å². The molecule has 2 atom stereocenters. The number of rotatable bonds is 6. The molecule has 0 radical (unpaired) electrons. The van der Waals surface area contributed by atoms with Crippen molar-refractivity contribution >= 4 is 12.0 Å². The smallest absolute Gasteiger partial charge is 0.317 e. The molecule has 2 fully saturated rings. The number of carboxylic acid groups (broad SMARTS) is 1. The summed E-state index contributed by atoms with van der Waals surface area (Å²) in [6, 6.07) is -0.178. The van der Waals surface area contributed by atoms with Gasteiger partial charge in [0.05, 0.1) is 12.5 Å². The number of piperidine rings is 1. The second-order valence-corrected chi connectivity index (χ2v) is 6.74. The normalized spacial score (nSPS) is 26.1. The van der Waals surface area contributed by atoms with E-state index in [0.717, 1.165) is 6.61 Å². The summed E-state index contributed by atoms with van der Waals surface area (Å²) in [5, 5.41) is 12.0. The Labute approximate surface area is 132 Å². The average Bonchev–Trinajstić information content (AvgIpc) is 2.99. The molecule has 1 aliphatic heterocycles. The Hall–Kier alpha value is -1.30. The summed E-state index contributed by atoms with van der Waals surface area (Å²) < 4.78 is 5.61. The molecule has 2 aliphatic rings. The van der Waals surface area contributed by atoms with Crippen molar-refractivity contribution in [2.45, 2.75) is 39.0 Å². The molecule has 6 heteroatoms. The molecular weight excluding hydrogens is 284 g/mol. The van der Waals surface area contributed by atoms with Crippen molar-refractivity contribution in [3.63, 3.8) is 0 Å². The van der Waals surface area contributed by atoms with Gasteiger partial charge in [0, 0.05) is 26.2 Å². The first-order valence-electron chi connectivity index (χ1n) is 8.39. The molecule has 1 heterocycles. The van der Waals surface area contributed by atoms with Gasteiger partial charge in [0.2, 0.25) is 0 Å². The molecule has 2 unspecified atom stereocenters. The fourth-order valence-corrected chi connectivity index (χ4v) is 3.47. The molecule has 1 saturated heterocycles. The van der Waals surface area contributed by atoms with Crippen LogP contribution < -0.4 is 5.32 Å². The summed E-state index contributed by atoms with van der Waals surface area (Å²) in [5.41, 5.74) is 0. The number of carbonyl (C=O) groups excluding carboxylic acids is 1. The molecule has 1 aliphatic carbocycles. The van der Waals surface area contributed by atoms with Crippen LogP contribution in [-0.2, 0) is 9.53 Å². The van der Waals surface area contributed by atoms with Gasteiger partial charge in [-0.15, -0.1) is 0 Å². The maximum Gasteiger partial charge on any atom is 0.317 e. The van der Waals surface area contributed by atoms with Crippen molar-refractivity contribution in [1.29, 1.82) is 0 Å². The highest BCUT2D eigenvalue weighted by molar-refractivity contribution is 5.76. The van der Waals surface area contributed by atoms with E-state index >= 15 is 0 Å². The number of hydrogen-bond donors (Lipinski definition) is 2. The Kier molecular flexibility index (Phi) is 6.49. The predicted molar refractivity (Wildman–Crippen MR) is 82.7 cm³/mol. The summed E-state index contributed by atoms with van der Waals surface area (Å²) in [7, 11) is 0. The molecule has 126 valence electrons. The van der Waals surface area contributed by atoms with Crippen LogP contribution in [0.1, 0.15) is 39.0 Å².